The van der Waals surface area contributed by atoms with Gasteiger partial charge < -0.3 is 9.64 Å². The van der Waals surface area contributed by atoms with Crippen LogP contribution in [0.25, 0.3) is 0 Å². The molecule has 0 unspecified atom stereocenters. The van der Waals surface area contributed by atoms with Crippen LogP contribution in [0.4, 0.5) is 0 Å². The number of amides is 1. The molecule has 0 radical (unpaired) electrons. The number of carbonyl (C=O) groups excluding carboxylic acids is 2. The summed E-state index contributed by atoms with van der Waals surface area (Å²) in [6, 6.07) is 7.67. The smallest absolute Gasteiger partial charge is 0.339 e. The molecule has 6 nitrogen and oxygen atoms in total. The molecular formula is C22H31N3O3. The van der Waals surface area contributed by atoms with Crippen molar-refractivity contribution in [2.24, 2.45) is 5.92 Å². The van der Waals surface area contributed by atoms with Crippen LogP contribution < -0.4 is 5.43 Å². The van der Waals surface area contributed by atoms with Gasteiger partial charge in [0.15, 0.2) is 0 Å². The van der Waals surface area contributed by atoms with Crippen LogP contribution in [0.3, 0.4) is 0 Å². The van der Waals surface area contributed by atoms with E-state index in [9.17, 15) is 9.59 Å². The lowest BCUT2D eigenvalue weighted by Gasteiger charge is -2.38. The molecule has 1 amide bonds. The molecule has 152 valence electrons. The molecule has 1 aliphatic carbocycles. The molecule has 0 aromatic heterocycles. The highest BCUT2D eigenvalue weighted by atomic mass is 16.6. The number of esters is 1. The number of hydrazine groups is 1. The fraction of sp³-hybridized carbons (Fsp3) is 0.636. The predicted octanol–water partition coefficient (Wildman–Crippen LogP) is 2.69. The molecule has 6 heteroatoms. The minimum absolute atomic E-state index is 0.00443. The van der Waals surface area contributed by atoms with Crippen molar-refractivity contribution in [1.82, 2.24) is 15.3 Å². The summed E-state index contributed by atoms with van der Waals surface area (Å²) in [5, 5.41) is 2.07. The molecule has 0 bridgehead atoms. The zero-order valence-electron chi connectivity index (χ0n) is 16.8. The van der Waals surface area contributed by atoms with E-state index in [0.29, 0.717) is 5.56 Å². The van der Waals surface area contributed by atoms with Crippen LogP contribution in [0.2, 0.25) is 0 Å². The normalized spacial score (nSPS) is 28.2. The maximum Gasteiger partial charge on any atom is 0.339 e. The fourth-order valence-corrected chi connectivity index (χ4v) is 4.78. The summed E-state index contributed by atoms with van der Waals surface area (Å²) in [5.41, 5.74) is 4.30. The molecule has 2 fully saturated rings. The second kappa shape index (κ2) is 8.21. The third kappa shape index (κ3) is 3.80. The Labute approximate surface area is 167 Å². The number of rotatable bonds is 5. The highest BCUT2D eigenvalue weighted by molar-refractivity contribution is 5.94. The minimum Gasteiger partial charge on any atom is -0.451 e. The molecule has 1 saturated carbocycles. The van der Waals surface area contributed by atoms with Crippen molar-refractivity contribution < 1.29 is 14.3 Å². The molecular weight excluding hydrogens is 354 g/mol. The zero-order chi connectivity index (χ0) is 19.6. The van der Waals surface area contributed by atoms with Crippen molar-refractivity contribution >= 4 is 11.9 Å². The number of hydrogen-bond donors (Lipinski definition) is 1. The van der Waals surface area contributed by atoms with Crippen molar-refractivity contribution in [3.05, 3.63) is 35.4 Å². The molecule has 1 N–H and O–H groups in total. The van der Waals surface area contributed by atoms with Crippen molar-refractivity contribution in [3.8, 4) is 0 Å². The van der Waals surface area contributed by atoms with Crippen LogP contribution in [0.5, 0.6) is 0 Å². The van der Waals surface area contributed by atoms with Gasteiger partial charge in [-0.2, -0.15) is 0 Å². The van der Waals surface area contributed by atoms with Crippen LogP contribution in [0.1, 0.15) is 61.4 Å². The topological polar surface area (TPSA) is 61.9 Å². The number of fused-ring (bicyclic) bond motifs is 2. The second-order valence-electron chi connectivity index (χ2n) is 8.36. The van der Waals surface area contributed by atoms with E-state index in [1.165, 1.54) is 12.8 Å². The van der Waals surface area contributed by atoms with Gasteiger partial charge in [-0.15, -0.1) is 0 Å². The third-order valence-corrected chi connectivity index (χ3v) is 6.56. The first kappa shape index (κ1) is 19.4. The summed E-state index contributed by atoms with van der Waals surface area (Å²) in [7, 11) is 0. The molecule has 2 aliphatic heterocycles. The number of nitrogens with zero attached hydrogens (tertiary/aromatic N) is 2. The SMILES string of the molecule is CCCCN1CCN(NC(=O)C2CCC3(CC2)OC(=O)c2ccccc23)CC1. The van der Waals surface area contributed by atoms with E-state index in [1.807, 2.05) is 24.3 Å². The molecule has 1 aromatic rings. The van der Waals surface area contributed by atoms with E-state index < -0.39 is 5.60 Å². The highest BCUT2D eigenvalue weighted by Crippen LogP contribution is 2.48. The predicted molar refractivity (Wildman–Crippen MR) is 107 cm³/mol. The quantitative estimate of drug-likeness (QED) is 0.790. The Hall–Kier alpha value is -1.92. The molecule has 1 saturated heterocycles. The van der Waals surface area contributed by atoms with Crippen LogP contribution in [-0.2, 0) is 15.1 Å². The van der Waals surface area contributed by atoms with E-state index in [2.05, 4.69) is 22.3 Å². The number of piperazine rings is 1. The van der Waals surface area contributed by atoms with Gasteiger partial charge >= 0.3 is 5.97 Å². The molecule has 3 aliphatic rings. The van der Waals surface area contributed by atoms with Gasteiger partial charge in [0.25, 0.3) is 0 Å². The number of carbonyl (C=O) groups is 2. The van der Waals surface area contributed by atoms with Gasteiger partial charge in [0.1, 0.15) is 5.60 Å². The first-order chi connectivity index (χ1) is 13.6. The number of hydrogen-bond acceptors (Lipinski definition) is 5. The van der Waals surface area contributed by atoms with Crippen LogP contribution >= 0.6 is 0 Å². The lowest BCUT2D eigenvalue weighted by molar-refractivity contribution is -0.133. The number of ether oxygens (including phenoxy) is 1. The Morgan fingerprint density at radius 3 is 2.61 bits per heavy atom. The minimum atomic E-state index is -0.518. The molecule has 1 aromatic carbocycles. The monoisotopic (exact) mass is 385 g/mol. The summed E-state index contributed by atoms with van der Waals surface area (Å²) in [6.07, 6.45) is 5.41. The maximum atomic E-state index is 12.8. The Kier molecular flexibility index (Phi) is 5.69. The first-order valence-corrected chi connectivity index (χ1v) is 10.7. The van der Waals surface area contributed by atoms with Gasteiger partial charge in [-0.3, -0.25) is 10.2 Å². The summed E-state index contributed by atoms with van der Waals surface area (Å²) in [4.78, 5) is 27.4. The van der Waals surface area contributed by atoms with Crippen molar-refractivity contribution in [2.45, 2.75) is 51.0 Å². The number of nitrogens with one attached hydrogen (secondary N) is 1. The van der Waals surface area contributed by atoms with Gasteiger partial charge in [-0.1, -0.05) is 31.5 Å². The van der Waals surface area contributed by atoms with Gasteiger partial charge in [-0.05, 0) is 44.7 Å². The maximum absolute atomic E-state index is 12.8. The molecule has 1 spiro atoms. The van der Waals surface area contributed by atoms with Gasteiger partial charge in [0.2, 0.25) is 5.91 Å². The number of benzene rings is 1. The van der Waals surface area contributed by atoms with Crippen LogP contribution in [0.15, 0.2) is 24.3 Å². The second-order valence-corrected chi connectivity index (χ2v) is 8.36. The highest BCUT2D eigenvalue weighted by Gasteiger charge is 2.48. The standard InChI is InChI=1S/C22H31N3O3/c1-2-3-12-24-13-15-25(16-14-24)23-20(26)17-8-10-22(11-9-17)19-7-5-4-6-18(19)21(27)28-22/h4-7,17H,2-3,8-16H2,1H3,(H,23,26). The zero-order valence-corrected chi connectivity index (χ0v) is 16.8. The summed E-state index contributed by atoms with van der Waals surface area (Å²) in [6.45, 7) is 7.18. The van der Waals surface area contributed by atoms with E-state index in [4.69, 9.17) is 4.74 Å². The van der Waals surface area contributed by atoms with E-state index in [0.717, 1.165) is 64.0 Å². The average molecular weight is 386 g/mol. The third-order valence-electron chi connectivity index (χ3n) is 6.56. The van der Waals surface area contributed by atoms with E-state index in [-0.39, 0.29) is 17.8 Å². The molecule has 4 rings (SSSR count). The van der Waals surface area contributed by atoms with Crippen LogP contribution in [-0.4, -0.2) is 54.5 Å². The fourth-order valence-electron chi connectivity index (χ4n) is 4.78. The largest absolute Gasteiger partial charge is 0.451 e. The average Bonchev–Trinajstić information content (AvgIpc) is 3.00. The van der Waals surface area contributed by atoms with Gasteiger partial charge in [0, 0.05) is 37.7 Å². The van der Waals surface area contributed by atoms with Crippen molar-refractivity contribution in [1.29, 1.82) is 0 Å². The van der Waals surface area contributed by atoms with Crippen molar-refractivity contribution in [3.63, 3.8) is 0 Å². The molecule has 28 heavy (non-hydrogen) atoms. The Bertz CT molecular complexity index is 719. The van der Waals surface area contributed by atoms with E-state index >= 15 is 0 Å². The van der Waals surface area contributed by atoms with Crippen LogP contribution in [0, 0.1) is 5.92 Å². The summed E-state index contributed by atoms with van der Waals surface area (Å²) >= 11 is 0. The van der Waals surface area contributed by atoms with Gasteiger partial charge in [0.05, 0.1) is 5.56 Å². The summed E-state index contributed by atoms with van der Waals surface area (Å²) in [5.74, 6) is -0.107. The lowest BCUT2D eigenvalue weighted by atomic mass is 9.75. The Morgan fingerprint density at radius 1 is 1.18 bits per heavy atom. The Balaban J connectivity index is 1.28. The number of unbranched alkanes of at least 4 members (excludes halogenated alkanes) is 1. The van der Waals surface area contributed by atoms with Gasteiger partial charge in [-0.25, -0.2) is 9.80 Å². The lowest BCUT2D eigenvalue weighted by Crippen LogP contribution is -2.55. The molecule has 2 heterocycles. The molecule has 0 atom stereocenters. The van der Waals surface area contributed by atoms with Crippen molar-refractivity contribution in [2.75, 3.05) is 32.7 Å². The Morgan fingerprint density at radius 2 is 1.89 bits per heavy atom. The first-order valence-electron chi connectivity index (χ1n) is 10.7. The summed E-state index contributed by atoms with van der Waals surface area (Å²) < 4.78 is 5.80. The van der Waals surface area contributed by atoms with E-state index in [1.54, 1.807) is 0 Å².